The molecule has 0 aliphatic heterocycles. The van der Waals surface area contributed by atoms with Gasteiger partial charge in [0.15, 0.2) is 0 Å². The van der Waals surface area contributed by atoms with Crippen LogP contribution in [0.3, 0.4) is 0 Å². The molecule has 1 unspecified atom stereocenters. The van der Waals surface area contributed by atoms with E-state index in [1.165, 1.54) is 0 Å². The van der Waals surface area contributed by atoms with Gasteiger partial charge in [-0.1, -0.05) is 13.0 Å². The fraction of sp³-hybridized carbons (Fsp3) is 0.308. The van der Waals surface area contributed by atoms with E-state index in [0.717, 1.165) is 23.6 Å². The van der Waals surface area contributed by atoms with Crippen molar-refractivity contribution in [2.24, 2.45) is 0 Å². The van der Waals surface area contributed by atoms with Crippen LogP contribution in [0, 0.1) is 0 Å². The zero-order valence-corrected chi connectivity index (χ0v) is 11.6. The molecule has 0 spiro atoms. The van der Waals surface area contributed by atoms with Gasteiger partial charge in [-0.2, -0.15) is 13.2 Å². The van der Waals surface area contributed by atoms with Crippen LogP contribution in [0.1, 0.15) is 30.0 Å². The molecule has 2 aromatic rings. The van der Waals surface area contributed by atoms with Gasteiger partial charge in [0.25, 0.3) is 0 Å². The zero-order valence-electron chi connectivity index (χ0n) is 10.7. The summed E-state index contributed by atoms with van der Waals surface area (Å²) in [5, 5.41) is 4.98. The summed E-state index contributed by atoms with van der Waals surface area (Å²) in [5.74, 6) is 0. The quantitative estimate of drug-likeness (QED) is 0.885. The predicted molar refractivity (Wildman–Crippen MR) is 74.6 cm³/mol. The molecule has 1 atom stereocenters. The van der Waals surface area contributed by atoms with Gasteiger partial charge in [-0.05, 0) is 23.9 Å². The molecule has 0 saturated heterocycles. The highest BCUT2D eigenvalue weighted by Crippen LogP contribution is 2.33. The molecular weight excluding hydrogens is 287 g/mol. The van der Waals surface area contributed by atoms with Crippen molar-refractivity contribution in [2.45, 2.75) is 25.6 Å². The SMILES string of the molecule is CCC(Nc1cc(C(F)(F)F)ncc1N)c1cccs1. The Kier molecular flexibility index (Phi) is 4.17. The number of nitrogen functional groups attached to an aromatic ring is 1. The van der Waals surface area contributed by atoms with E-state index < -0.39 is 11.9 Å². The van der Waals surface area contributed by atoms with Crippen LogP contribution >= 0.6 is 11.3 Å². The Labute approximate surface area is 118 Å². The summed E-state index contributed by atoms with van der Waals surface area (Å²) in [6.07, 6.45) is -2.70. The molecule has 2 heterocycles. The Morgan fingerprint density at radius 2 is 2.20 bits per heavy atom. The van der Waals surface area contributed by atoms with Gasteiger partial charge in [0.2, 0.25) is 0 Å². The molecule has 0 aliphatic carbocycles. The molecule has 0 amide bonds. The van der Waals surface area contributed by atoms with E-state index >= 15 is 0 Å². The number of rotatable bonds is 4. The van der Waals surface area contributed by atoms with Crippen LogP contribution in [0.15, 0.2) is 29.8 Å². The van der Waals surface area contributed by atoms with Gasteiger partial charge < -0.3 is 11.1 Å². The number of nitrogens with zero attached hydrogens (tertiary/aromatic N) is 1. The van der Waals surface area contributed by atoms with Crippen molar-refractivity contribution >= 4 is 22.7 Å². The first-order chi connectivity index (χ1) is 9.41. The number of anilines is 2. The second-order valence-corrected chi connectivity index (χ2v) is 5.25. The molecule has 0 aromatic carbocycles. The molecule has 0 radical (unpaired) electrons. The smallest absolute Gasteiger partial charge is 0.396 e. The molecule has 2 aromatic heterocycles. The lowest BCUT2D eigenvalue weighted by Gasteiger charge is -2.19. The zero-order chi connectivity index (χ0) is 14.8. The lowest BCUT2D eigenvalue weighted by Crippen LogP contribution is -2.13. The second-order valence-electron chi connectivity index (χ2n) is 4.28. The highest BCUT2D eigenvalue weighted by atomic mass is 32.1. The van der Waals surface area contributed by atoms with E-state index in [9.17, 15) is 13.2 Å². The standard InChI is InChI=1S/C13H14F3N3S/c1-2-9(11-4-3-5-20-11)19-10-6-12(13(14,15)16)18-7-8(10)17/h3-7,9H,2,17H2,1H3,(H,18,19). The second kappa shape index (κ2) is 5.70. The molecule has 0 saturated carbocycles. The van der Waals surface area contributed by atoms with Gasteiger partial charge in [0.05, 0.1) is 23.6 Å². The first kappa shape index (κ1) is 14.6. The Morgan fingerprint density at radius 1 is 1.45 bits per heavy atom. The van der Waals surface area contributed by atoms with E-state index in [1.54, 1.807) is 11.3 Å². The van der Waals surface area contributed by atoms with Crippen LogP contribution in [-0.2, 0) is 6.18 Å². The number of hydrogen-bond donors (Lipinski definition) is 2. The minimum Gasteiger partial charge on any atom is -0.396 e. The first-order valence-corrected chi connectivity index (χ1v) is 6.92. The van der Waals surface area contributed by atoms with Crippen molar-refractivity contribution in [1.82, 2.24) is 4.98 Å². The highest BCUT2D eigenvalue weighted by molar-refractivity contribution is 7.10. The van der Waals surface area contributed by atoms with Crippen LogP contribution in [-0.4, -0.2) is 4.98 Å². The largest absolute Gasteiger partial charge is 0.433 e. The van der Waals surface area contributed by atoms with Gasteiger partial charge in [0.1, 0.15) is 5.69 Å². The number of nitrogens with two attached hydrogens (primary N) is 1. The minimum atomic E-state index is -4.48. The average molecular weight is 301 g/mol. The molecule has 0 bridgehead atoms. The molecule has 0 fully saturated rings. The van der Waals surface area contributed by atoms with Gasteiger partial charge >= 0.3 is 6.18 Å². The molecule has 108 valence electrons. The number of aromatic nitrogens is 1. The van der Waals surface area contributed by atoms with Gasteiger partial charge in [0, 0.05) is 4.88 Å². The van der Waals surface area contributed by atoms with E-state index in [1.807, 2.05) is 24.4 Å². The molecule has 7 heteroatoms. The molecule has 0 aliphatic rings. The Bertz CT molecular complexity index is 567. The highest BCUT2D eigenvalue weighted by Gasteiger charge is 2.33. The van der Waals surface area contributed by atoms with Crippen LogP contribution in [0.2, 0.25) is 0 Å². The molecule has 3 N–H and O–H groups in total. The summed E-state index contributed by atoms with van der Waals surface area (Å²) < 4.78 is 38.0. The number of pyridine rings is 1. The third kappa shape index (κ3) is 3.22. The summed E-state index contributed by atoms with van der Waals surface area (Å²) in [4.78, 5) is 4.37. The average Bonchev–Trinajstić information content (AvgIpc) is 2.90. The summed E-state index contributed by atoms with van der Waals surface area (Å²) >= 11 is 1.55. The molecular formula is C13H14F3N3S. The first-order valence-electron chi connectivity index (χ1n) is 6.04. The Hall–Kier alpha value is -1.76. The molecule has 2 rings (SSSR count). The van der Waals surface area contributed by atoms with E-state index in [4.69, 9.17) is 5.73 Å². The normalized spacial score (nSPS) is 13.2. The van der Waals surface area contributed by atoms with E-state index in [0.29, 0.717) is 0 Å². The van der Waals surface area contributed by atoms with E-state index in [-0.39, 0.29) is 17.4 Å². The Morgan fingerprint density at radius 3 is 2.75 bits per heavy atom. The maximum absolute atomic E-state index is 12.7. The molecule has 20 heavy (non-hydrogen) atoms. The fourth-order valence-electron chi connectivity index (χ4n) is 1.80. The van der Waals surface area contributed by atoms with E-state index in [2.05, 4.69) is 10.3 Å². The lowest BCUT2D eigenvalue weighted by molar-refractivity contribution is -0.141. The summed E-state index contributed by atoms with van der Waals surface area (Å²) in [5.41, 5.74) is 5.21. The number of nitrogens with one attached hydrogen (secondary N) is 1. The number of thiophene rings is 1. The van der Waals surface area contributed by atoms with Crippen molar-refractivity contribution in [2.75, 3.05) is 11.1 Å². The van der Waals surface area contributed by atoms with Crippen molar-refractivity contribution in [3.63, 3.8) is 0 Å². The van der Waals surface area contributed by atoms with Crippen molar-refractivity contribution in [3.05, 3.63) is 40.3 Å². The summed E-state index contributed by atoms with van der Waals surface area (Å²) in [7, 11) is 0. The number of halogens is 3. The number of hydrogen-bond acceptors (Lipinski definition) is 4. The van der Waals surface area contributed by atoms with Crippen molar-refractivity contribution in [3.8, 4) is 0 Å². The van der Waals surface area contributed by atoms with Crippen LogP contribution in [0.4, 0.5) is 24.5 Å². The maximum Gasteiger partial charge on any atom is 0.433 e. The maximum atomic E-state index is 12.7. The van der Waals surface area contributed by atoms with Crippen molar-refractivity contribution in [1.29, 1.82) is 0 Å². The van der Waals surface area contributed by atoms with Crippen LogP contribution in [0.5, 0.6) is 0 Å². The van der Waals surface area contributed by atoms with Crippen LogP contribution < -0.4 is 11.1 Å². The molecule has 3 nitrogen and oxygen atoms in total. The third-order valence-electron chi connectivity index (χ3n) is 2.85. The number of alkyl halides is 3. The summed E-state index contributed by atoms with van der Waals surface area (Å²) in [6.45, 7) is 1.96. The monoisotopic (exact) mass is 301 g/mol. The van der Waals surface area contributed by atoms with Gasteiger partial charge in [-0.3, -0.25) is 0 Å². The topological polar surface area (TPSA) is 50.9 Å². The Balaban J connectivity index is 2.28. The van der Waals surface area contributed by atoms with Gasteiger partial charge in [-0.15, -0.1) is 11.3 Å². The van der Waals surface area contributed by atoms with Gasteiger partial charge in [-0.25, -0.2) is 4.98 Å². The lowest BCUT2D eigenvalue weighted by atomic mass is 10.1. The fourth-order valence-corrected chi connectivity index (χ4v) is 2.66. The summed E-state index contributed by atoms with van der Waals surface area (Å²) in [6, 6.07) is 4.72. The van der Waals surface area contributed by atoms with Crippen molar-refractivity contribution < 1.29 is 13.2 Å². The third-order valence-corrected chi connectivity index (χ3v) is 3.84. The minimum absolute atomic E-state index is 0.0687. The predicted octanol–water partition coefficient (Wildman–Crippen LogP) is 4.31. The van der Waals surface area contributed by atoms with Crippen LogP contribution in [0.25, 0.3) is 0 Å².